The van der Waals surface area contributed by atoms with Gasteiger partial charge in [0.15, 0.2) is 29.3 Å². The summed E-state index contributed by atoms with van der Waals surface area (Å²) in [5, 5.41) is 40.4. The maximum absolute atomic E-state index is 14.5. The first-order chi connectivity index (χ1) is 11.8. The molecule has 5 N–H and O–H groups in total. The normalized spacial score (nSPS) is 31.8. The van der Waals surface area contributed by atoms with Gasteiger partial charge in [-0.1, -0.05) is 5.92 Å². The van der Waals surface area contributed by atoms with Crippen LogP contribution in [0.3, 0.4) is 0 Å². The number of aliphatic hydroxyl groups is 3. The van der Waals surface area contributed by atoms with E-state index in [1.54, 1.807) is 0 Å². The number of alkyl halides is 1. The third-order valence-electron chi connectivity index (χ3n) is 3.79. The summed E-state index contributed by atoms with van der Waals surface area (Å²) in [6.45, 7) is -1.26. The molecule has 3 heterocycles. The molecular weight excluding hydrogens is 341 g/mol. The van der Waals surface area contributed by atoms with Crippen LogP contribution in [0.1, 0.15) is 6.23 Å². The Morgan fingerprint density at radius 3 is 2.84 bits per heavy atom. The number of anilines is 1. The summed E-state index contributed by atoms with van der Waals surface area (Å²) in [6, 6.07) is 0. The number of aromatic nitrogens is 4. The van der Waals surface area contributed by atoms with E-state index in [-0.39, 0.29) is 17.0 Å². The molecule has 4 atom stereocenters. The highest BCUT2D eigenvalue weighted by Crippen LogP contribution is 2.45. The molecule has 0 bridgehead atoms. The second-order valence-corrected chi connectivity index (χ2v) is 5.26. The number of imidazole rings is 1. The zero-order valence-corrected chi connectivity index (χ0v) is 12.4. The van der Waals surface area contributed by atoms with Crippen LogP contribution in [-0.4, -0.2) is 70.2 Å². The van der Waals surface area contributed by atoms with Crippen molar-refractivity contribution in [3.05, 3.63) is 12.7 Å². The number of carboxylic acid groups (broad SMARTS) is 1. The minimum absolute atomic E-state index is 0.0253. The number of terminal acetylenes is 1. The predicted octanol–water partition coefficient (Wildman–Crippen LogP) is -1.17. The summed E-state index contributed by atoms with van der Waals surface area (Å²) in [6.07, 6.45) is 1.93. The molecule has 1 aliphatic heterocycles. The SMILES string of the molecule is C#C[C@]1(O)[C@H](n2cnc3c(NC(=O)O)ncnc32)O[C@](F)(CO)[C@H]1O. The number of nitrogens with zero attached hydrogens (tertiary/aromatic N) is 4. The first-order valence-electron chi connectivity index (χ1n) is 6.80. The zero-order chi connectivity index (χ0) is 18.4. The molecule has 11 nitrogen and oxygen atoms in total. The van der Waals surface area contributed by atoms with Gasteiger partial charge >= 0.3 is 6.09 Å². The Morgan fingerprint density at radius 1 is 1.52 bits per heavy atom. The first-order valence-corrected chi connectivity index (χ1v) is 6.80. The average Bonchev–Trinajstić information content (AvgIpc) is 3.09. The number of aliphatic hydroxyl groups excluding tert-OH is 2. The molecule has 0 unspecified atom stereocenters. The van der Waals surface area contributed by atoms with Crippen LogP contribution in [0.5, 0.6) is 0 Å². The Hall–Kier alpha value is -2.85. The maximum atomic E-state index is 14.5. The number of amides is 1. The number of fused-ring (bicyclic) bond motifs is 1. The van der Waals surface area contributed by atoms with Crippen LogP contribution < -0.4 is 5.32 Å². The van der Waals surface area contributed by atoms with Crippen molar-refractivity contribution in [2.75, 3.05) is 11.9 Å². The average molecular weight is 353 g/mol. The number of halogens is 1. The van der Waals surface area contributed by atoms with Crippen LogP contribution in [0.4, 0.5) is 15.0 Å². The maximum Gasteiger partial charge on any atom is 0.410 e. The van der Waals surface area contributed by atoms with E-state index in [1.807, 2.05) is 11.2 Å². The van der Waals surface area contributed by atoms with Crippen LogP contribution >= 0.6 is 0 Å². The molecule has 0 saturated carbocycles. The summed E-state index contributed by atoms with van der Waals surface area (Å²) >= 11 is 0. The minimum atomic E-state index is -3.02. The van der Waals surface area contributed by atoms with Gasteiger partial charge in [-0.25, -0.2) is 24.1 Å². The summed E-state index contributed by atoms with van der Waals surface area (Å²) < 4.78 is 20.4. The molecule has 0 spiro atoms. The fourth-order valence-electron chi connectivity index (χ4n) is 2.56. The highest BCUT2D eigenvalue weighted by atomic mass is 19.2. The second kappa shape index (κ2) is 5.60. The molecule has 3 rings (SSSR count). The minimum Gasteiger partial charge on any atom is -0.465 e. The lowest BCUT2D eigenvalue weighted by atomic mass is 9.94. The lowest BCUT2D eigenvalue weighted by molar-refractivity contribution is -0.206. The van der Waals surface area contributed by atoms with E-state index in [0.717, 1.165) is 17.2 Å². The Morgan fingerprint density at radius 2 is 2.24 bits per heavy atom. The van der Waals surface area contributed by atoms with Crippen molar-refractivity contribution < 1.29 is 34.3 Å². The van der Waals surface area contributed by atoms with E-state index in [0.29, 0.717) is 0 Å². The molecule has 2 aromatic heterocycles. The van der Waals surface area contributed by atoms with Crippen molar-refractivity contribution in [1.29, 1.82) is 0 Å². The lowest BCUT2D eigenvalue weighted by Gasteiger charge is -2.26. The molecule has 1 saturated heterocycles. The monoisotopic (exact) mass is 353 g/mol. The molecule has 1 aliphatic rings. The molecule has 0 radical (unpaired) electrons. The molecule has 1 amide bonds. The fraction of sp³-hybridized carbons (Fsp3) is 0.385. The quantitative estimate of drug-likeness (QED) is 0.428. The van der Waals surface area contributed by atoms with Gasteiger partial charge in [0.2, 0.25) is 5.60 Å². The third-order valence-corrected chi connectivity index (χ3v) is 3.79. The van der Waals surface area contributed by atoms with Gasteiger partial charge in [0.05, 0.1) is 6.33 Å². The largest absolute Gasteiger partial charge is 0.465 e. The number of ether oxygens (including phenoxy) is 1. The number of carbonyl (C=O) groups is 1. The number of nitrogens with one attached hydrogen (secondary N) is 1. The zero-order valence-electron chi connectivity index (χ0n) is 12.4. The van der Waals surface area contributed by atoms with Crippen LogP contribution in [-0.2, 0) is 4.74 Å². The molecule has 0 aliphatic carbocycles. The van der Waals surface area contributed by atoms with Crippen LogP contribution in [0, 0.1) is 12.3 Å². The Bertz CT molecular complexity index is 883. The van der Waals surface area contributed by atoms with Gasteiger partial charge in [0, 0.05) is 0 Å². The van der Waals surface area contributed by atoms with E-state index < -0.39 is 36.5 Å². The van der Waals surface area contributed by atoms with Crippen LogP contribution in [0.15, 0.2) is 12.7 Å². The van der Waals surface area contributed by atoms with E-state index in [4.69, 9.17) is 21.4 Å². The standard InChI is InChI=1S/C13H12FN5O6/c1-2-12(24)9(21)13(14,3-20)25-10(12)19-5-17-6-7(18-11(22)23)15-4-16-8(6)19/h1,4-5,9-10,20-21,24H,3H2,(H,22,23)(H,15,16,18)/t9-,10+,12+,13+/m0/s1. The molecule has 2 aromatic rings. The predicted molar refractivity (Wildman–Crippen MR) is 77.8 cm³/mol. The van der Waals surface area contributed by atoms with E-state index in [9.17, 15) is 19.4 Å². The number of rotatable bonds is 3. The van der Waals surface area contributed by atoms with Crippen LogP contribution in [0.2, 0.25) is 0 Å². The van der Waals surface area contributed by atoms with Gasteiger partial charge < -0.3 is 25.2 Å². The first kappa shape index (κ1) is 17.0. The van der Waals surface area contributed by atoms with E-state index in [2.05, 4.69) is 15.0 Å². The number of hydrogen-bond acceptors (Lipinski definition) is 8. The van der Waals surface area contributed by atoms with Crippen molar-refractivity contribution in [2.24, 2.45) is 0 Å². The lowest BCUT2D eigenvalue weighted by Crippen LogP contribution is -2.49. The highest BCUT2D eigenvalue weighted by molar-refractivity contribution is 5.92. The van der Waals surface area contributed by atoms with Gasteiger partial charge in [-0.05, 0) is 0 Å². The highest BCUT2D eigenvalue weighted by Gasteiger charge is 2.64. The van der Waals surface area contributed by atoms with Crippen molar-refractivity contribution in [1.82, 2.24) is 19.5 Å². The topological polar surface area (TPSA) is 163 Å². The molecule has 132 valence electrons. The van der Waals surface area contributed by atoms with Crippen LogP contribution in [0.25, 0.3) is 11.2 Å². The van der Waals surface area contributed by atoms with Gasteiger partial charge in [-0.3, -0.25) is 9.88 Å². The van der Waals surface area contributed by atoms with Gasteiger partial charge in [-0.2, -0.15) is 0 Å². The molecule has 25 heavy (non-hydrogen) atoms. The number of hydrogen-bond donors (Lipinski definition) is 5. The Labute approximate surface area is 138 Å². The summed E-state index contributed by atoms with van der Waals surface area (Å²) in [7, 11) is 0. The Balaban J connectivity index is 2.13. The van der Waals surface area contributed by atoms with E-state index in [1.165, 1.54) is 0 Å². The van der Waals surface area contributed by atoms with Crippen molar-refractivity contribution >= 4 is 23.1 Å². The molecular formula is C13H12FN5O6. The summed E-state index contributed by atoms with van der Waals surface area (Å²) in [5.41, 5.74) is -2.62. The van der Waals surface area contributed by atoms with Crippen molar-refractivity contribution in [2.45, 2.75) is 23.8 Å². The Kier molecular flexibility index (Phi) is 3.81. The van der Waals surface area contributed by atoms with Gasteiger partial charge in [-0.15, -0.1) is 6.42 Å². The summed E-state index contributed by atoms with van der Waals surface area (Å²) in [5.74, 6) is -1.32. The van der Waals surface area contributed by atoms with E-state index >= 15 is 0 Å². The molecule has 12 heteroatoms. The van der Waals surface area contributed by atoms with Crippen molar-refractivity contribution in [3.63, 3.8) is 0 Å². The smallest absolute Gasteiger partial charge is 0.410 e. The fourth-order valence-corrected chi connectivity index (χ4v) is 2.56. The second-order valence-electron chi connectivity index (χ2n) is 5.26. The molecule has 0 aromatic carbocycles. The molecule has 1 fully saturated rings. The van der Waals surface area contributed by atoms with Gasteiger partial charge in [0.25, 0.3) is 5.85 Å². The van der Waals surface area contributed by atoms with Crippen molar-refractivity contribution in [3.8, 4) is 12.3 Å². The van der Waals surface area contributed by atoms with Gasteiger partial charge in [0.1, 0.15) is 12.9 Å². The summed E-state index contributed by atoms with van der Waals surface area (Å²) in [4.78, 5) is 22.3. The third kappa shape index (κ3) is 2.37.